The van der Waals surface area contributed by atoms with Crippen LogP contribution in [0.4, 0.5) is 30.7 Å². The van der Waals surface area contributed by atoms with Gasteiger partial charge in [0, 0.05) is 29.7 Å². The molecule has 2 aliphatic rings. The zero-order chi connectivity index (χ0) is 28.2. The number of halogens is 8. The number of hydrogen-bond acceptors (Lipinski definition) is 5. The molecule has 1 aromatic carbocycles. The zero-order valence-corrected chi connectivity index (χ0v) is 20.4. The molecule has 0 saturated carbocycles. The van der Waals surface area contributed by atoms with Crippen molar-refractivity contribution >= 4 is 23.2 Å². The topological polar surface area (TPSA) is 72.6 Å². The Kier molecular flexibility index (Phi) is 6.35. The van der Waals surface area contributed by atoms with Crippen LogP contribution in [0.25, 0.3) is 0 Å². The first-order valence-electron chi connectivity index (χ1n) is 11.3. The van der Waals surface area contributed by atoms with Crippen molar-refractivity contribution in [2.24, 2.45) is 5.16 Å². The van der Waals surface area contributed by atoms with Gasteiger partial charge in [-0.15, -0.1) is 0 Å². The second-order valence-corrected chi connectivity index (χ2v) is 9.58. The van der Waals surface area contributed by atoms with Gasteiger partial charge in [-0.2, -0.15) is 31.4 Å². The normalized spacial score (nSPS) is 20.8. The smallest absolute Gasteiger partial charge is 0.374 e. The number of aromatic nitrogens is 3. The molecule has 3 aromatic rings. The molecule has 1 fully saturated rings. The monoisotopic (exact) mass is 575 g/mol. The summed E-state index contributed by atoms with van der Waals surface area (Å²) in [5.41, 5.74) is -7.65. The molecule has 2 aliphatic heterocycles. The lowest BCUT2D eigenvalue weighted by Crippen LogP contribution is -2.59. The summed E-state index contributed by atoms with van der Waals surface area (Å²) in [7, 11) is 0. The summed E-state index contributed by atoms with van der Waals surface area (Å²) in [4.78, 5) is 22.4. The van der Waals surface area contributed by atoms with Crippen molar-refractivity contribution in [2.45, 2.75) is 36.6 Å². The molecule has 2 aromatic heterocycles. The van der Waals surface area contributed by atoms with Crippen LogP contribution in [0.5, 0.6) is 0 Å². The molecule has 5 rings (SSSR count). The maximum absolute atomic E-state index is 15.3. The van der Waals surface area contributed by atoms with Crippen LogP contribution in [-0.2, 0) is 33.6 Å². The minimum atomic E-state index is -5.15. The van der Waals surface area contributed by atoms with Gasteiger partial charge in [0.25, 0.3) is 5.60 Å². The lowest BCUT2D eigenvalue weighted by atomic mass is 9.85. The van der Waals surface area contributed by atoms with E-state index in [1.165, 1.54) is 27.9 Å². The number of alkyl halides is 7. The van der Waals surface area contributed by atoms with Crippen molar-refractivity contribution in [3.05, 3.63) is 82.4 Å². The van der Waals surface area contributed by atoms with Crippen molar-refractivity contribution in [2.75, 3.05) is 13.1 Å². The third-order valence-electron chi connectivity index (χ3n) is 6.57. The summed E-state index contributed by atoms with van der Waals surface area (Å²) in [5.74, 6) is -0.347. The fourth-order valence-electron chi connectivity index (χ4n) is 4.41. The summed E-state index contributed by atoms with van der Waals surface area (Å²) in [6, 6.07) is 5.99. The SMILES string of the molecule is O=C(Cn1cccn1)N1CC(F)(c2ccc(C3=NOC(c4ccc(Cl)c(C(F)(F)F)c4)(C(F)(F)F)C3)cn2)C1. The highest BCUT2D eigenvalue weighted by molar-refractivity contribution is 6.31. The molecule has 1 atom stereocenters. The number of carbonyl (C=O) groups is 1. The van der Waals surface area contributed by atoms with Gasteiger partial charge in [0.15, 0.2) is 5.67 Å². The van der Waals surface area contributed by atoms with Crippen LogP contribution < -0.4 is 0 Å². The third-order valence-corrected chi connectivity index (χ3v) is 6.90. The Balaban J connectivity index is 1.32. The molecule has 0 N–H and O–H groups in total. The van der Waals surface area contributed by atoms with Gasteiger partial charge in [0.2, 0.25) is 5.91 Å². The van der Waals surface area contributed by atoms with Crippen molar-refractivity contribution in [1.82, 2.24) is 19.7 Å². The van der Waals surface area contributed by atoms with Gasteiger partial charge in [-0.05, 0) is 30.3 Å². The maximum atomic E-state index is 15.3. The summed E-state index contributed by atoms with van der Waals surface area (Å²) in [6.45, 7) is -0.591. The highest BCUT2D eigenvalue weighted by atomic mass is 35.5. The van der Waals surface area contributed by atoms with Gasteiger partial charge >= 0.3 is 12.4 Å². The molecule has 4 heterocycles. The van der Waals surface area contributed by atoms with Crippen LogP contribution in [-0.4, -0.2) is 50.5 Å². The fraction of sp³-hybridized carbons (Fsp3) is 0.333. The van der Waals surface area contributed by atoms with Gasteiger partial charge in [0.05, 0.1) is 41.5 Å². The Labute approximate surface area is 220 Å². The first-order chi connectivity index (χ1) is 18.2. The maximum Gasteiger partial charge on any atom is 0.435 e. The molecule has 0 aliphatic carbocycles. The van der Waals surface area contributed by atoms with E-state index in [1.54, 1.807) is 12.3 Å². The summed E-state index contributed by atoms with van der Waals surface area (Å²) >= 11 is 5.56. The molecule has 0 bridgehead atoms. The Bertz CT molecular complexity index is 1420. The van der Waals surface area contributed by atoms with Crippen molar-refractivity contribution < 1.29 is 40.4 Å². The quantitative estimate of drug-likeness (QED) is 0.390. The number of rotatable bonds is 5. The van der Waals surface area contributed by atoms with Gasteiger partial charge in [0.1, 0.15) is 6.54 Å². The Hall–Kier alpha value is -3.68. The molecular formula is C24H17ClF7N5O2. The van der Waals surface area contributed by atoms with Crippen LogP contribution >= 0.6 is 11.6 Å². The van der Waals surface area contributed by atoms with E-state index in [4.69, 9.17) is 16.4 Å². The van der Waals surface area contributed by atoms with E-state index in [2.05, 4.69) is 15.2 Å². The summed E-state index contributed by atoms with van der Waals surface area (Å²) in [6.07, 6.45) is -6.91. The van der Waals surface area contributed by atoms with E-state index in [1.807, 2.05) is 0 Å². The predicted octanol–water partition coefficient (Wildman–Crippen LogP) is 5.24. The van der Waals surface area contributed by atoms with Gasteiger partial charge in [-0.25, -0.2) is 4.39 Å². The van der Waals surface area contributed by atoms with Crippen molar-refractivity contribution in [3.8, 4) is 0 Å². The molecule has 1 unspecified atom stereocenters. The molecule has 1 saturated heterocycles. The van der Waals surface area contributed by atoms with Crippen LogP contribution in [0.2, 0.25) is 5.02 Å². The Morgan fingerprint density at radius 1 is 1.10 bits per heavy atom. The lowest BCUT2D eigenvalue weighted by molar-refractivity contribution is -0.276. The van der Waals surface area contributed by atoms with Gasteiger partial charge in [-0.3, -0.25) is 14.5 Å². The Morgan fingerprint density at radius 3 is 2.44 bits per heavy atom. The highest BCUT2D eigenvalue weighted by Crippen LogP contribution is 2.50. The van der Waals surface area contributed by atoms with Crippen molar-refractivity contribution in [1.29, 1.82) is 0 Å². The molecule has 1 amide bonds. The number of nitrogens with zero attached hydrogens (tertiary/aromatic N) is 5. The molecule has 0 spiro atoms. The highest BCUT2D eigenvalue weighted by Gasteiger charge is 2.62. The molecule has 39 heavy (non-hydrogen) atoms. The number of amides is 1. The third kappa shape index (κ3) is 4.81. The van der Waals surface area contributed by atoms with Crippen LogP contribution in [0.15, 0.2) is 60.1 Å². The molecular weight excluding hydrogens is 559 g/mol. The van der Waals surface area contributed by atoms with Crippen LogP contribution in [0, 0.1) is 0 Å². The number of likely N-dealkylation sites (tertiary alicyclic amines) is 1. The molecule has 7 nitrogen and oxygen atoms in total. The first-order valence-corrected chi connectivity index (χ1v) is 11.7. The average Bonchev–Trinajstić information content (AvgIpc) is 3.52. The molecule has 0 radical (unpaired) electrons. The second-order valence-electron chi connectivity index (χ2n) is 9.17. The lowest BCUT2D eigenvalue weighted by Gasteiger charge is -2.43. The summed E-state index contributed by atoms with van der Waals surface area (Å²) < 4.78 is 99.2. The minimum Gasteiger partial charge on any atom is -0.374 e. The standard InChI is InChI=1S/C24H17ClF7N5O2/c25-17-4-3-15(8-16(17)23(27,28)29)22(24(30,31)32)9-18(35-39-22)14-2-5-19(33-10-14)21(26)12-36(13-21)20(38)11-37-7-1-6-34-37/h1-8,10H,9,11-13H2. The Morgan fingerprint density at radius 2 is 1.85 bits per heavy atom. The van der Waals surface area contributed by atoms with E-state index < -0.39 is 46.2 Å². The number of pyridine rings is 1. The van der Waals surface area contributed by atoms with E-state index in [0.717, 1.165) is 12.3 Å². The second kappa shape index (κ2) is 9.21. The number of oxime groups is 1. The zero-order valence-electron chi connectivity index (χ0n) is 19.6. The van der Waals surface area contributed by atoms with Crippen LogP contribution in [0.3, 0.4) is 0 Å². The predicted molar refractivity (Wildman–Crippen MR) is 122 cm³/mol. The minimum absolute atomic E-state index is 0.0384. The summed E-state index contributed by atoms with van der Waals surface area (Å²) in [5, 5.41) is 6.66. The number of benzene rings is 1. The van der Waals surface area contributed by atoms with E-state index in [-0.39, 0.29) is 42.5 Å². The van der Waals surface area contributed by atoms with Crippen LogP contribution in [0.1, 0.15) is 28.8 Å². The van der Waals surface area contributed by atoms with E-state index >= 15 is 4.39 Å². The first kappa shape index (κ1) is 26.9. The number of carbonyl (C=O) groups excluding carboxylic acids is 1. The molecule has 206 valence electrons. The average molecular weight is 576 g/mol. The van der Waals surface area contributed by atoms with Crippen molar-refractivity contribution in [3.63, 3.8) is 0 Å². The fourth-order valence-corrected chi connectivity index (χ4v) is 4.64. The number of hydrogen-bond donors (Lipinski definition) is 0. The van der Waals surface area contributed by atoms with E-state index in [9.17, 15) is 31.1 Å². The molecule has 15 heteroatoms. The van der Waals surface area contributed by atoms with Gasteiger partial charge < -0.3 is 9.74 Å². The van der Waals surface area contributed by atoms with Gasteiger partial charge in [-0.1, -0.05) is 22.8 Å². The van der Waals surface area contributed by atoms with E-state index in [0.29, 0.717) is 12.1 Å². The largest absolute Gasteiger partial charge is 0.435 e.